The minimum Gasteiger partial charge on any atom is -0.289 e. The average Bonchev–Trinajstić information content (AvgIpc) is 2.39. The lowest BCUT2D eigenvalue weighted by Crippen LogP contribution is -2.17. The average molecular weight is 262 g/mol. The molecule has 0 amide bonds. The Balaban J connectivity index is 3.07. The number of rotatable bonds is 5. The fourth-order valence-electron chi connectivity index (χ4n) is 1.23. The number of terminal acetylenes is 2. The summed E-state index contributed by atoms with van der Waals surface area (Å²) in [5.74, 6) is 4.71. The smallest absolute Gasteiger partial charge is 0.289 e. The molecule has 94 valence electrons. The minimum atomic E-state index is -3.50. The highest BCUT2D eigenvalue weighted by molar-refractivity contribution is 7.62. The van der Waals surface area contributed by atoms with Crippen LogP contribution in [0.4, 0.5) is 0 Å². The predicted octanol–water partition coefficient (Wildman–Crippen LogP) is 2.58. The molecule has 0 bridgehead atoms. The van der Waals surface area contributed by atoms with Crippen LogP contribution in [0.3, 0.4) is 0 Å². The highest BCUT2D eigenvalue weighted by Crippen LogP contribution is 2.49. The van der Waals surface area contributed by atoms with Crippen LogP contribution in [-0.4, -0.2) is 12.2 Å². The van der Waals surface area contributed by atoms with Crippen molar-refractivity contribution in [1.29, 1.82) is 0 Å². The van der Waals surface area contributed by atoms with Gasteiger partial charge in [-0.25, -0.2) is 0 Å². The SMILES string of the molecule is C#CC(C)OP(=O)(OC(C)C#C)c1ccccc1. The second-order valence-electron chi connectivity index (χ2n) is 3.66. The first-order valence-corrected chi connectivity index (χ1v) is 7.01. The second kappa shape index (κ2) is 6.43. The zero-order valence-electron chi connectivity index (χ0n) is 10.4. The van der Waals surface area contributed by atoms with Gasteiger partial charge in [0, 0.05) is 0 Å². The number of benzene rings is 1. The van der Waals surface area contributed by atoms with E-state index in [2.05, 4.69) is 11.8 Å². The largest absolute Gasteiger partial charge is 0.363 e. The van der Waals surface area contributed by atoms with Crippen LogP contribution in [-0.2, 0) is 13.6 Å². The summed E-state index contributed by atoms with van der Waals surface area (Å²) in [6.45, 7) is 3.25. The summed E-state index contributed by atoms with van der Waals surface area (Å²) in [4.78, 5) is 0. The Morgan fingerprint density at radius 1 is 1.06 bits per heavy atom. The Labute approximate surface area is 108 Å². The molecule has 0 heterocycles. The Morgan fingerprint density at radius 3 is 1.89 bits per heavy atom. The van der Waals surface area contributed by atoms with Crippen LogP contribution in [0.5, 0.6) is 0 Å². The maximum absolute atomic E-state index is 12.7. The Kier molecular flexibility index (Phi) is 5.20. The molecule has 1 aromatic rings. The van der Waals surface area contributed by atoms with Crippen LogP contribution < -0.4 is 5.30 Å². The van der Waals surface area contributed by atoms with E-state index in [0.29, 0.717) is 5.30 Å². The second-order valence-corrected chi connectivity index (χ2v) is 5.59. The summed E-state index contributed by atoms with van der Waals surface area (Å²) in [7, 11) is -3.50. The number of hydrogen-bond acceptors (Lipinski definition) is 3. The molecule has 3 nitrogen and oxygen atoms in total. The first-order valence-electron chi connectivity index (χ1n) is 5.46. The van der Waals surface area contributed by atoms with E-state index < -0.39 is 19.8 Å². The molecule has 2 unspecified atom stereocenters. The van der Waals surface area contributed by atoms with Gasteiger partial charge in [0.25, 0.3) is 0 Å². The van der Waals surface area contributed by atoms with Crippen LogP contribution in [0.1, 0.15) is 13.8 Å². The third-order valence-corrected chi connectivity index (χ3v) is 4.25. The van der Waals surface area contributed by atoms with Crippen LogP contribution >= 0.6 is 7.60 Å². The van der Waals surface area contributed by atoms with Crippen molar-refractivity contribution in [1.82, 2.24) is 0 Å². The van der Waals surface area contributed by atoms with E-state index in [1.807, 2.05) is 6.07 Å². The van der Waals surface area contributed by atoms with Crippen LogP contribution in [0, 0.1) is 24.7 Å². The molecule has 4 heteroatoms. The summed E-state index contributed by atoms with van der Waals surface area (Å²) in [5.41, 5.74) is 0. The molecule has 2 atom stereocenters. The molecular formula is C14H15O3P. The zero-order chi connectivity index (χ0) is 13.6. The molecule has 0 saturated carbocycles. The third-order valence-electron chi connectivity index (χ3n) is 2.14. The molecule has 0 aliphatic carbocycles. The third kappa shape index (κ3) is 3.76. The zero-order valence-corrected chi connectivity index (χ0v) is 11.3. The number of hydrogen-bond donors (Lipinski definition) is 0. The van der Waals surface area contributed by atoms with Crippen molar-refractivity contribution in [2.75, 3.05) is 0 Å². The molecule has 0 saturated heterocycles. The first kappa shape index (κ1) is 14.6. The summed E-state index contributed by atoms with van der Waals surface area (Å²) in [5, 5.41) is 0.439. The minimum absolute atomic E-state index is 0.439. The van der Waals surface area contributed by atoms with Gasteiger partial charge in [-0.3, -0.25) is 13.6 Å². The van der Waals surface area contributed by atoms with Crippen LogP contribution in [0.15, 0.2) is 30.3 Å². The molecule has 0 fully saturated rings. The van der Waals surface area contributed by atoms with E-state index in [-0.39, 0.29) is 0 Å². The monoisotopic (exact) mass is 262 g/mol. The van der Waals surface area contributed by atoms with Crippen LogP contribution in [0.2, 0.25) is 0 Å². The fraction of sp³-hybridized carbons (Fsp3) is 0.286. The lowest BCUT2D eigenvalue weighted by molar-refractivity contribution is 0.179. The summed E-state index contributed by atoms with van der Waals surface area (Å²) in [6, 6.07) is 8.62. The molecule has 18 heavy (non-hydrogen) atoms. The van der Waals surface area contributed by atoms with Gasteiger partial charge in [0.2, 0.25) is 0 Å². The topological polar surface area (TPSA) is 35.5 Å². The van der Waals surface area contributed by atoms with Crippen molar-refractivity contribution in [3.63, 3.8) is 0 Å². The standard InChI is InChI=1S/C14H15O3P/c1-5-12(3)16-18(15,17-13(4)6-2)14-10-8-7-9-11-14/h1-2,7-13H,3-4H3. The Morgan fingerprint density at radius 2 is 1.50 bits per heavy atom. The maximum atomic E-state index is 12.7. The maximum Gasteiger partial charge on any atom is 0.363 e. The van der Waals surface area contributed by atoms with Crippen molar-refractivity contribution in [3.05, 3.63) is 30.3 Å². The van der Waals surface area contributed by atoms with E-state index in [1.54, 1.807) is 38.1 Å². The van der Waals surface area contributed by atoms with Gasteiger partial charge < -0.3 is 0 Å². The van der Waals surface area contributed by atoms with Gasteiger partial charge in [-0.15, -0.1) is 12.8 Å². The molecule has 0 N–H and O–H groups in total. The molecule has 0 aliphatic rings. The van der Waals surface area contributed by atoms with Gasteiger partial charge in [-0.2, -0.15) is 0 Å². The molecule has 1 rings (SSSR count). The summed E-state index contributed by atoms with van der Waals surface area (Å²) in [6.07, 6.45) is 9.21. The van der Waals surface area contributed by atoms with Gasteiger partial charge >= 0.3 is 7.60 Å². The highest BCUT2D eigenvalue weighted by Gasteiger charge is 2.31. The molecule has 0 aromatic heterocycles. The van der Waals surface area contributed by atoms with Crippen molar-refractivity contribution in [2.45, 2.75) is 26.1 Å². The van der Waals surface area contributed by atoms with Gasteiger partial charge in [-0.1, -0.05) is 30.0 Å². The van der Waals surface area contributed by atoms with Gasteiger partial charge in [0.05, 0.1) is 5.30 Å². The van der Waals surface area contributed by atoms with Crippen LogP contribution in [0.25, 0.3) is 0 Å². The molecule has 0 radical (unpaired) electrons. The molecule has 0 aliphatic heterocycles. The van der Waals surface area contributed by atoms with Crippen molar-refractivity contribution < 1.29 is 13.6 Å². The Hall–Kier alpha value is -1.51. The highest BCUT2D eigenvalue weighted by atomic mass is 31.2. The van der Waals surface area contributed by atoms with Gasteiger partial charge in [-0.05, 0) is 26.0 Å². The van der Waals surface area contributed by atoms with Gasteiger partial charge in [0.1, 0.15) is 12.2 Å². The van der Waals surface area contributed by atoms with Crippen molar-refractivity contribution in [3.8, 4) is 24.7 Å². The van der Waals surface area contributed by atoms with E-state index in [9.17, 15) is 4.57 Å². The first-order chi connectivity index (χ1) is 8.51. The lowest BCUT2D eigenvalue weighted by atomic mass is 10.4. The quantitative estimate of drug-likeness (QED) is 0.604. The Bertz CT molecular complexity index is 484. The van der Waals surface area contributed by atoms with E-state index in [1.165, 1.54) is 0 Å². The van der Waals surface area contributed by atoms with Crippen molar-refractivity contribution >= 4 is 12.9 Å². The van der Waals surface area contributed by atoms with E-state index in [0.717, 1.165) is 0 Å². The molecule has 0 spiro atoms. The van der Waals surface area contributed by atoms with Crippen molar-refractivity contribution in [2.24, 2.45) is 0 Å². The van der Waals surface area contributed by atoms with Gasteiger partial charge in [0.15, 0.2) is 0 Å². The fourth-order valence-corrected chi connectivity index (χ4v) is 3.02. The molecule has 1 aromatic carbocycles. The van der Waals surface area contributed by atoms with E-state index >= 15 is 0 Å². The lowest BCUT2D eigenvalue weighted by Gasteiger charge is -2.21. The summed E-state index contributed by atoms with van der Waals surface area (Å²) >= 11 is 0. The molecular weight excluding hydrogens is 247 g/mol. The summed E-state index contributed by atoms with van der Waals surface area (Å²) < 4.78 is 23.4. The van der Waals surface area contributed by atoms with E-state index in [4.69, 9.17) is 21.9 Å². The normalized spacial score (nSPS) is 16.9. The predicted molar refractivity (Wildman–Crippen MR) is 72.4 cm³/mol.